The highest BCUT2D eigenvalue weighted by atomic mass is 35.5. The van der Waals surface area contributed by atoms with Crippen LogP contribution in [-0.4, -0.2) is 14.6 Å². The molecule has 0 spiro atoms. The van der Waals surface area contributed by atoms with Crippen molar-refractivity contribution in [2.24, 2.45) is 0 Å². The largest absolute Gasteiger partial charge is 0.453 e. The Bertz CT molecular complexity index is 518. The van der Waals surface area contributed by atoms with E-state index in [1.54, 1.807) is 13.0 Å². The first kappa shape index (κ1) is 10.2. The summed E-state index contributed by atoms with van der Waals surface area (Å²) in [6.07, 6.45) is -4.55. The normalized spacial score (nSPS) is 12.3. The summed E-state index contributed by atoms with van der Waals surface area (Å²) >= 11 is 5.78. The maximum Gasteiger partial charge on any atom is 0.453 e. The van der Waals surface area contributed by atoms with Crippen LogP contribution in [0.15, 0.2) is 12.1 Å². The van der Waals surface area contributed by atoms with Crippen LogP contribution in [-0.2, 0) is 6.18 Å². The van der Waals surface area contributed by atoms with Crippen molar-refractivity contribution in [3.8, 4) is 0 Å². The van der Waals surface area contributed by atoms with E-state index >= 15 is 0 Å². The monoisotopic (exact) mass is 235 g/mol. The molecule has 0 radical (unpaired) electrons. The van der Waals surface area contributed by atoms with Crippen molar-refractivity contribution in [3.05, 3.63) is 28.7 Å². The molecule has 0 amide bonds. The van der Waals surface area contributed by atoms with Crippen LogP contribution in [0.25, 0.3) is 5.65 Å². The van der Waals surface area contributed by atoms with Crippen molar-refractivity contribution in [1.29, 1.82) is 0 Å². The van der Waals surface area contributed by atoms with Gasteiger partial charge in [0.1, 0.15) is 5.15 Å². The average molecular weight is 236 g/mol. The van der Waals surface area contributed by atoms with Crippen LogP contribution in [0, 0.1) is 6.92 Å². The number of alkyl halides is 3. The van der Waals surface area contributed by atoms with E-state index < -0.39 is 12.0 Å². The SMILES string of the molecule is Cc1ccc2nc(C(F)(F)F)nn2c1Cl. The quantitative estimate of drug-likeness (QED) is 0.657. The van der Waals surface area contributed by atoms with E-state index in [4.69, 9.17) is 11.6 Å². The van der Waals surface area contributed by atoms with Gasteiger partial charge in [-0.15, -0.1) is 5.10 Å². The van der Waals surface area contributed by atoms with Crippen LogP contribution in [0.3, 0.4) is 0 Å². The molecule has 2 heterocycles. The third-order valence-corrected chi connectivity index (χ3v) is 2.34. The minimum absolute atomic E-state index is 0.0814. The molecule has 2 aromatic heterocycles. The Labute approximate surface area is 87.5 Å². The van der Waals surface area contributed by atoms with Gasteiger partial charge >= 0.3 is 6.18 Å². The van der Waals surface area contributed by atoms with Crippen molar-refractivity contribution in [1.82, 2.24) is 14.6 Å². The molecule has 80 valence electrons. The number of fused-ring (bicyclic) bond motifs is 1. The zero-order valence-electron chi connectivity index (χ0n) is 7.51. The van der Waals surface area contributed by atoms with Gasteiger partial charge in [-0.25, -0.2) is 9.50 Å². The summed E-state index contributed by atoms with van der Waals surface area (Å²) in [5.41, 5.74) is 0.723. The summed E-state index contributed by atoms with van der Waals surface area (Å²) in [5.74, 6) is -1.19. The number of hydrogen-bond acceptors (Lipinski definition) is 2. The molecule has 0 aromatic carbocycles. The average Bonchev–Trinajstić information content (AvgIpc) is 2.55. The molecule has 2 rings (SSSR count). The van der Waals surface area contributed by atoms with Crippen molar-refractivity contribution >= 4 is 17.2 Å². The highest BCUT2D eigenvalue weighted by Crippen LogP contribution is 2.27. The van der Waals surface area contributed by atoms with Gasteiger partial charge < -0.3 is 0 Å². The van der Waals surface area contributed by atoms with Crippen LogP contribution >= 0.6 is 11.6 Å². The molecule has 0 saturated carbocycles. The van der Waals surface area contributed by atoms with Crippen molar-refractivity contribution in [2.45, 2.75) is 13.1 Å². The molecule has 0 unspecified atom stereocenters. The van der Waals surface area contributed by atoms with Gasteiger partial charge in [0.05, 0.1) is 0 Å². The summed E-state index contributed by atoms with van der Waals surface area (Å²) in [4.78, 5) is 3.33. The Morgan fingerprint density at radius 2 is 2.00 bits per heavy atom. The Kier molecular flexibility index (Phi) is 2.11. The lowest BCUT2D eigenvalue weighted by Gasteiger charge is -1.98. The van der Waals surface area contributed by atoms with E-state index in [-0.39, 0.29) is 10.8 Å². The Balaban J connectivity index is 2.72. The number of halogens is 4. The molecule has 7 heteroatoms. The lowest BCUT2D eigenvalue weighted by Crippen LogP contribution is -2.07. The zero-order chi connectivity index (χ0) is 11.2. The van der Waals surface area contributed by atoms with Gasteiger partial charge in [0.25, 0.3) is 5.82 Å². The van der Waals surface area contributed by atoms with Gasteiger partial charge in [-0.2, -0.15) is 13.2 Å². The number of aromatic nitrogens is 3. The maximum atomic E-state index is 12.3. The molecule has 0 aliphatic rings. The molecule has 0 aliphatic heterocycles. The molecule has 0 fully saturated rings. The van der Waals surface area contributed by atoms with Gasteiger partial charge in [0, 0.05) is 0 Å². The van der Waals surface area contributed by atoms with Crippen LogP contribution in [0.1, 0.15) is 11.4 Å². The van der Waals surface area contributed by atoms with Gasteiger partial charge in [-0.05, 0) is 18.6 Å². The van der Waals surface area contributed by atoms with Crippen molar-refractivity contribution < 1.29 is 13.2 Å². The van der Waals surface area contributed by atoms with Gasteiger partial charge in [-0.3, -0.25) is 0 Å². The lowest BCUT2D eigenvalue weighted by molar-refractivity contribution is -0.144. The second-order valence-corrected chi connectivity index (χ2v) is 3.37. The van der Waals surface area contributed by atoms with E-state index in [0.717, 1.165) is 4.52 Å². The topological polar surface area (TPSA) is 30.2 Å². The smallest absolute Gasteiger partial charge is 0.203 e. The summed E-state index contributed by atoms with van der Waals surface area (Å²) in [6, 6.07) is 3.02. The molecule has 3 nitrogen and oxygen atoms in total. The fourth-order valence-electron chi connectivity index (χ4n) is 1.13. The van der Waals surface area contributed by atoms with Crippen molar-refractivity contribution in [2.75, 3.05) is 0 Å². The highest BCUT2D eigenvalue weighted by molar-refractivity contribution is 6.30. The Hall–Kier alpha value is -1.30. The van der Waals surface area contributed by atoms with E-state index in [1.165, 1.54) is 6.07 Å². The first-order valence-corrected chi connectivity index (χ1v) is 4.36. The van der Waals surface area contributed by atoms with Crippen LogP contribution in [0.5, 0.6) is 0 Å². The molecular formula is C8H5ClF3N3. The molecule has 0 saturated heterocycles. The molecular weight excluding hydrogens is 231 g/mol. The first-order chi connectivity index (χ1) is 6.89. The standard InChI is InChI=1S/C8H5ClF3N3/c1-4-2-3-5-13-7(8(10,11)12)14-15(5)6(4)9/h2-3H,1H3. The molecule has 0 atom stereocenters. The molecule has 0 aliphatic carbocycles. The number of hydrogen-bond donors (Lipinski definition) is 0. The highest BCUT2D eigenvalue weighted by Gasteiger charge is 2.36. The molecule has 2 aromatic rings. The van der Waals surface area contributed by atoms with Gasteiger partial charge in [0.2, 0.25) is 0 Å². The van der Waals surface area contributed by atoms with Crippen LogP contribution in [0.4, 0.5) is 13.2 Å². The molecule has 15 heavy (non-hydrogen) atoms. The molecule has 0 N–H and O–H groups in total. The van der Waals surface area contributed by atoms with Gasteiger partial charge in [0.15, 0.2) is 5.65 Å². The maximum absolute atomic E-state index is 12.3. The first-order valence-electron chi connectivity index (χ1n) is 3.98. The summed E-state index contributed by atoms with van der Waals surface area (Å²) in [6.45, 7) is 1.68. The summed E-state index contributed by atoms with van der Waals surface area (Å²) < 4.78 is 37.8. The predicted molar refractivity (Wildman–Crippen MR) is 47.7 cm³/mol. The zero-order valence-corrected chi connectivity index (χ0v) is 8.26. The fraction of sp³-hybridized carbons (Fsp3) is 0.250. The second kappa shape index (κ2) is 3.10. The Morgan fingerprint density at radius 3 is 2.60 bits per heavy atom. The van der Waals surface area contributed by atoms with E-state index in [0.29, 0.717) is 5.56 Å². The number of aryl methyl sites for hydroxylation is 1. The van der Waals surface area contributed by atoms with Crippen LogP contribution in [0.2, 0.25) is 5.15 Å². The predicted octanol–water partition coefficient (Wildman–Crippen LogP) is 2.71. The van der Waals surface area contributed by atoms with Crippen LogP contribution < -0.4 is 0 Å². The van der Waals surface area contributed by atoms with E-state index in [2.05, 4.69) is 10.1 Å². The van der Waals surface area contributed by atoms with E-state index in [9.17, 15) is 13.2 Å². The Morgan fingerprint density at radius 1 is 1.33 bits per heavy atom. The second-order valence-electron chi connectivity index (χ2n) is 3.01. The number of rotatable bonds is 0. The van der Waals surface area contributed by atoms with Crippen molar-refractivity contribution in [3.63, 3.8) is 0 Å². The minimum Gasteiger partial charge on any atom is -0.203 e. The third kappa shape index (κ3) is 1.65. The third-order valence-electron chi connectivity index (χ3n) is 1.88. The number of nitrogens with zero attached hydrogens (tertiary/aromatic N) is 3. The fourth-order valence-corrected chi connectivity index (χ4v) is 1.32. The van der Waals surface area contributed by atoms with Gasteiger partial charge in [-0.1, -0.05) is 17.7 Å². The summed E-state index contributed by atoms with van der Waals surface area (Å²) in [7, 11) is 0. The summed E-state index contributed by atoms with van der Waals surface area (Å²) in [5, 5.41) is 3.43. The molecule has 0 bridgehead atoms. The lowest BCUT2D eigenvalue weighted by atomic mass is 10.3. The number of pyridine rings is 1. The minimum atomic E-state index is -4.55. The van der Waals surface area contributed by atoms with E-state index in [1.807, 2.05) is 0 Å².